The fourth-order valence-electron chi connectivity index (χ4n) is 2.62. The lowest BCUT2D eigenvalue weighted by Gasteiger charge is -2.25. The van der Waals surface area contributed by atoms with Gasteiger partial charge < -0.3 is 5.73 Å². The molecule has 0 saturated carbocycles. The van der Waals surface area contributed by atoms with Gasteiger partial charge in [-0.05, 0) is 48.9 Å². The zero-order valence-electron chi connectivity index (χ0n) is 14.9. The van der Waals surface area contributed by atoms with E-state index in [9.17, 15) is 13.2 Å². The number of primary amides is 1. The summed E-state index contributed by atoms with van der Waals surface area (Å²) in [6, 6.07) is 12.6. The molecule has 0 aliphatic carbocycles. The molecule has 8 nitrogen and oxygen atoms in total. The van der Waals surface area contributed by atoms with E-state index in [4.69, 9.17) is 5.73 Å². The summed E-state index contributed by atoms with van der Waals surface area (Å²) in [7, 11) is -2.21. The van der Waals surface area contributed by atoms with Crippen molar-refractivity contribution in [3.63, 3.8) is 0 Å². The lowest BCUT2D eigenvalue weighted by Crippen LogP contribution is -2.30. The summed E-state index contributed by atoms with van der Waals surface area (Å²) in [4.78, 5) is 15.2. The standard InChI is InChI=1S/C18H19N5O3S/c1-13(14-3-7-16(8-4-14)23-12-20-11-21-23)22(2)27(25,26)17-9-5-15(6-10-17)18(19)24/h3-13H,1-2H3,(H2,19,24). The second-order valence-electron chi connectivity index (χ2n) is 6.02. The fraction of sp³-hybridized carbons (Fsp3) is 0.167. The highest BCUT2D eigenvalue weighted by atomic mass is 32.2. The van der Waals surface area contributed by atoms with Crippen LogP contribution >= 0.6 is 0 Å². The number of carbonyl (C=O) groups is 1. The highest BCUT2D eigenvalue weighted by molar-refractivity contribution is 7.89. The molecule has 0 fully saturated rings. The van der Waals surface area contributed by atoms with E-state index in [1.54, 1.807) is 17.9 Å². The number of carbonyl (C=O) groups excluding carboxylic acids is 1. The van der Waals surface area contributed by atoms with Crippen molar-refractivity contribution in [3.8, 4) is 5.69 Å². The summed E-state index contributed by atoms with van der Waals surface area (Å²) >= 11 is 0. The van der Waals surface area contributed by atoms with Gasteiger partial charge in [-0.2, -0.15) is 9.40 Å². The first-order chi connectivity index (χ1) is 12.8. The van der Waals surface area contributed by atoms with Crippen LogP contribution in [0.1, 0.15) is 28.9 Å². The maximum absolute atomic E-state index is 12.9. The van der Waals surface area contributed by atoms with E-state index in [0.29, 0.717) is 0 Å². The predicted molar refractivity (Wildman–Crippen MR) is 99.7 cm³/mol. The first kappa shape index (κ1) is 18.7. The molecule has 0 bridgehead atoms. The largest absolute Gasteiger partial charge is 0.366 e. The third kappa shape index (κ3) is 3.74. The molecular weight excluding hydrogens is 366 g/mol. The van der Waals surface area contributed by atoms with Gasteiger partial charge in [-0.15, -0.1) is 0 Å². The Morgan fingerprint density at radius 3 is 2.26 bits per heavy atom. The maximum Gasteiger partial charge on any atom is 0.248 e. The highest BCUT2D eigenvalue weighted by Gasteiger charge is 2.26. The summed E-state index contributed by atoms with van der Waals surface area (Å²) in [6.45, 7) is 1.81. The van der Waals surface area contributed by atoms with Crippen LogP contribution in [0.3, 0.4) is 0 Å². The van der Waals surface area contributed by atoms with Gasteiger partial charge in [0.1, 0.15) is 12.7 Å². The zero-order valence-corrected chi connectivity index (χ0v) is 15.7. The van der Waals surface area contributed by atoms with Crippen molar-refractivity contribution in [1.29, 1.82) is 0 Å². The van der Waals surface area contributed by atoms with Crippen molar-refractivity contribution < 1.29 is 13.2 Å². The number of sulfonamides is 1. The van der Waals surface area contributed by atoms with E-state index in [-0.39, 0.29) is 10.5 Å². The van der Waals surface area contributed by atoms with Gasteiger partial charge in [0, 0.05) is 18.7 Å². The van der Waals surface area contributed by atoms with Crippen LogP contribution in [0.25, 0.3) is 5.69 Å². The number of hydrogen-bond acceptors (Lipinski definition) is 5. The van der Waals surface area contributed by atoms with E-state index in [2.05, 4.69) is 10.1 Å². The second kappa shape index (κ2) is 7.29. The fourth-order valence-corrected chi connectivity index (χ4v) is 3.97. The first-order valence-electron chi connectivity index (χ1n) is 8.13. The molecule has 1 atom stereocenters. The monoisotopic (exact) mass is 385 g/mol. The van der Waals surface area contributed by atoms with Crippen molar-refractivity contribution in [1.82, 2.24) is 19.1 Å². The van der Waals surface area contributed by atoms with E-state index >= 15 is 0 Å². The van der Waals surface area contributed by atoms with Gasteiger partial charge in [-0.25, -0.2) is 18.1 Å². The minimum atomic E-state index is -3.73. The number of nitrogens with zero attached hydrogens (tertiary/aromatic N) is 4. The number of aromatic nitrogens is 3. The summed E-state index contributed by atoms with van der Waals surface area (Å²) < 4.78 is 28.6. The Hall–Kier alpha value is -3.04. The van der Waals surface area contributed by atoms with Crippen LogP contribution in [0.4, 0.5) is 0 Å². The lowest BCUT2D eigenvalue weighted by atomic mass is 10.1. The minimum absolute atomic E-state index is 0.0982. The van der Waals surface area contributed by atoms with E-state index < -0.39 is 22.0 Å². The molecule has 0 spiro atoms. The summed E-state index contributed by atoms with van der Waals surface area (Å²) in [5.41, 5.74) is 7.11. The van der Waals surface area contributed by atoms with Gasteiger partial charge in [-0.3, -0.25) is 4.79 Å². The molecule has 140 valence electrons. The molecular formula is C18H19N5O3S. The van der Waals surface area contributed by atoms with E-state index in [1.165, 1.54) is 41.9 Å². The zero-order chi connectivity index (χ0) is 19.6. The molecule has 9 heteroatoms. The molecule has 1 heterocycles. The van der Waals surface area contributed by atoms with Crippen molar-refractivity contribution in [2.24, 2.45) is 5.73 Å². The Morgan fingerprint density at radius 2 is 1.74 bits per heavy atom. The molecule has 0 radical (unpaired) electrons. The number of benzene rings is 2. The highest BCUT2D eigenvalue weighted by Crippen LogP contribution is 2.26. The Balaban J connectivity index is 1.83. The van der Waals surface area contributed by atoms with Crippen molar-refractivity contribution in [3.05, 3.63) is 72.3 Å². The van der Waals surface area contributed by atoms with Crippen molar-refractivity contribution in [2.45, 2.75) is 17.9 Å². The van der Waals surface area contributed by atoms with Crippen molar-refractivity contribution >= 4 is 15.9 Å². The van der Waals surface area contributed by atoms with Crippen LogP contribution in [-0.4, -0.2) is 40.4 Å². The first-order valence-corrected chi connectivity index (χ1v) is 9.57. The minimum Gasteiger partial charge on any atom is -0.366 e. The topological polar surface area (TPSA) is 111 Å². The molecule has 27 heavy (non-hydrogen) atoms. The molecule has 3 rings (SSSR count). The molecule has 3 aromatic rings. The van der Waals surface area contributed by atoms with Crippen LogP contribution in [-0.2, 0) is 10.0 Å². The van der Waals surface area contributed by atoms with Crippen LogP contribution in [0, 0.1) is 0 Å². The van der Waals surface area contributed by atoms with Crippen LogP contribution in [0.2, 0.25) is 0 Å². The summed E-state index contributed by atoms with van der Waals surface area (Å²) in [6.07, 6.45) is 3.03. The molecule has 1 unspecified atom stereocenters. The van der Waals surface area contributed by atoms with E-state index in [1.807, 2.05) is 24.3 Å². The normalized spacial score (nSPS) is 12.9. The molecule has 0 aliphatic rings. The van der Waals surface area contributed by atoms with Gasteiger partial charge in [0.05, 0.1) is 10.6 Å². The number of amides is 1. The average molecular weight is 385 g/mol. The average Bonchev–Trinajstić information content (AvgIpc) is 3.21. The second-order valence-corrected chi connectivity index (χ2v) is 8.01. The number of hydrogen-bond donors (Lipinski definition) is 1. The van der Waals surface area contributed by atoms with Gasteiger partial charge in [-0.1, -0.05) is 12.1 Å². The Bertz CT molecular complexity index is 1030. The third-order valence-electron chi connectivity index (χ3n) is 4.42. The quantitative estimate of drug-likeness (QED) is 0.695. The molecule has 1 aromatic heterocycles. The maximum atomic E-state index is 12.9. The van der Waals surface area contributed by atoms with Gasteiger partial charge >= 0.3 is 0 Å². The van der Waals surface area contributed by atoms with Gasteiger partial charge in [0.25, 0.3) is 0 Å². The Morgan fingerprint density at radius 1 is 1.11 bits per heavy atom. The summed E-state index contributed by atoms with van der Waals surface area (Å²) in [5, 5.41) is 4.06. The third-order valence-corrected chi connectivity index (χ3v) is 6.36. The molecule has 2 N–H and O–H groups in total. The van der Waals surface area contributed by atoms with Gasteiger partial charge in [0.2, 0.25) is 15.9 Å². The van der Waals surface area contributed by atoms with Crippen LogP contribution in [0.15, 0.2) is 66.1 Å². The lowest BCUT2D eigenvalue weighted by molar-refractivity contribution is 0.1000. The molecule has 0 aliphatic heterocycles. The summed E-state index contributed by atoms with van der Waals surface area (Å²) in [5.74, 6) is -0.604. The Kier molecular flexibility index (Phi) is 5.06. The van der Waals surface area contributed by atoms with Gasteiger partial charge in [0.15, 0.2) is 0 Å². The van der Waals surface area contributed by atoms with Crippen LogP contribution in [0.5, 0.6) is 0 Å². The Labute approximate surface area is 157 Å². The van der Waals surface area contributed by atoms with Crippen molar-refractivity contribution in [2.75, 3.05) is 7.05 Å². The molecule has 2 aromatic carbocycles. The predicted octanol–water partition coefficient (Wildman–Crippen LogP) is 1.75. The smallest absolute Gasteiger partial charge is 0.248 e. The number of rotatable bonds is 6. The molecule has 1 amide bonds. The van der Waals surface area contributed by atoms with E-state index in [0.717, 1.165) is 11.3 Å². The van der Waals surface area contributed by atoms with Crippen LogP contribution < -0.4 is 5.73 Å². The molecule has 0 saturated heterocycles. The SMILES string of the molecule is CC(c1ccc(-n2cncn2)cc1)N(C)S(=O)(=O)c1ccc(C(N)=O)cc1. The number of nitrogens with two attached hydrogens (primary N) is 1.